The summed E-state index contributed by atoms with van der Waals surface area (Å²) in [5, 5.41) is 0.489. The Balaban J connectivity index is 1.65. The van der Waals surface area contributed by atoms with Gasteiger partial charge in [-0.1, -0.05) is 41.4 Å². The zero-order chi connectivity index (χ0) is 21.7. The van der Waals surface area contributed by atoms with Crippen LogP contribution in [0.15, 0.2) is 77.7 Å². The highest BCUT2D eigenvalue weighted by molar-refractivity contribution is 7.92. The number of para-hydroxylation sites is 1. The fourth-order valence-electron chi connectivity index (χ4n) is 2.43. The Morgan fingerprint density at radius 2 is 1.40 bits per heavy atom. The topological polar surface area (TPSA) is 104 Å². The summed E-state index contributed by atoms with van der Waals surface area (Å²) in [7, 11) is -3.81. The van der Waals surface area contributed by atoms with Crippen LogP contribution in [0.5, 0.6) is 0 Å². The lowest BCUT2D eigenvalue weighted by atomic mass is 10.2. The summed E-state index contributed by atoms with van der Waals surface area (Å²) in [6, 6.07) is 18.0. The Kier molecular flexibility index (Phi) is 6.61. The van der Waals surface area contributed by atoms with Gasteiger partial charge in [0.25, 0.3) is 21.8 Å². The van der Waals surface area contributed by atoms with Crippen molar-refractivity contribution in [3.63, 3.8) is 0 Å². The number of anilines is 1. The number of nitrogens with one attached hydrogen (secondary N) is 3. The van der Waals surface area contributed by atoms with Gasteiger partial charge in [0, 0.05) is 16.3 Å². The Morgan fingerprint density at radius 1 is 0.767 bits per heavy atom. The molecule has 0 saturated carbocycles. The Hall–Kier alpha value is -3.07. The number of benzene rings is 3. The van der Waals surface area contributed by atoms with Crippen molar-refractivity contribution >= 4 is 50.7 Å². The summed E-state index contributed by atoms with van der Waals surface area (Å²) in [6.07, 6.45) is 0. The molecule has 0 heterocycles. The standard InChI is InChI=1S/C20H15Cl2N3O4S/c21-14-8-11-18(22)17(12-14)20(27)24-23-19(26)13-6-9-16(10-7-13)30(28,29)25-15-4-2-1-3-5-15/h1-12,25H,(H,23,26)(H,24,27). The molecule has 0 bridgehead atoms. The van der Waals surface area contributed by atoms with Crippen LogP contribution in [-0.4, -0.2) is 20.2 Å². The van der Waals surface area contributed by atoms with E-state index in [9.17, 15) is 18.0 Å². The number of carbonyl (C=O) groups excluding carboxylic acids is 2. The number of hydrazine groups is 1. The lowest BCUT2D eigenvalue weighted by Crippen LogP contribution is -2.41. The van der Waals surface area contributed by atoms with Gasteiger partial charge in [-0.05, 0) is 54.6 Å². The van der Waals surface area contributed by atoms with E-state index in [1.165, 1.54) is 42.5 Å². The van der Waals surface area contributed by atoms with Gasteiger partial charge in [0.2, 0.25) is 0 Å². The highest BCUT2D eigenvalue weighted by Gasteiger charge is 2.16. The molecule has 0 saturated heterocycles. The largest absolute Gasteiger partial charge is 0.280 e. The van der Waals surface area contributed by atoms with Crippen LogP contribution in [0.4, 0.5) is 5.69 Å². The number of amides is 2. The molecule has 3 N–H and O–H groups in total. The maximum Gasteiger partial charge on any atom is 0.271 e. The van der Waals surface area contributed by atoms with Crippen LogP contribution in [0.2, 0.25) is 10.0 Å². The van der Waals surface area contributed by atoms with Crippen molar-refractivity contribution in [1.82, 2.24) is 10.9 Å². The number of hydrogen-bond donors (Lipinski definition) is 3. The second kappa shape index (κ2) is 9.17. The van der Waals surface area contributed by atoms with Crippen LogP contribution < -0.4 is 15.6 Å². The molecule has 154 valence electrons. The number of rotatable bonds is 5. The second-order valence-corrected chi connectivity index (χ2v) is 8.55. The maximum absolute atomic E-state index is 12.4. The fraction of sp³-hybridized carbons (Fsp3) is 0. The molecule has 0 atom stereocenters. The third-order valence-corrected chi connectivity index (χ3v) is 5.88. The van der Waals surface area contributed by atoms with Crippen molar-refractivity contribution in [3.05, 3.63) is 94.0 Å². The van der Waals surface area contributed by atoms with E-state index >= 15 is 0 Å². The normalized spacial score (nSPS) is 10.9. The van der Waals surface area contributed by atoms with Crippen molar-refractivity contribution in [2.24, 2.45) is 0 Å². The molecule has 0 spiro atoms. The van der Waals surface area contributed by atoms with E-state index in [-0.39, 0.29) is 21.0 Å². The molecule has 3 rings (SSSR count). The van der Waals surface area contributed by atoms with Crippen LogP contribution in [0.25, 0.3) is 0 Å². The minimum absolute atomic E-state index is 0.0161. The minimum Gasteiger partial charge on any atom is -0.280 e. The van der Waals surface area contributed by atoms with Gasteiger partial charge in [-0.15, -0.1) is 0 Å². The van der Waals surface area contributed by atoms with Crippen molar-refractivity contribution in [2.75, 3.05) is 4.72 Å². The molecule has 10 heteroatoms. The molecule has 0 fully saturated rings. The Labute approximate surface area is 183 Å². The molecule has 2 amide bonds. The lowest BCUT2D eigenvalue weighted by molar-refractivity contribution is 0.0846. The molecule has 0 aliphatic heterocycles. The van der Waals surface area contributed by atoms with Gasteiger partial charge in [-0.2, -0.15) is 0 Å². The monoisotopic (exact) mass is 463 g/mol. The summed E-state index contributed by atoms with van der Waals surface area (Å²) in [4.78, 5) is 24.4. The Bertz CT molecular complexity index is 1180. The van der Waals surface area contributed by atoms with Crippen molar-refractivity contribution in [1.29, 1.82) is 0 Å². The molecular weight excluding hydrogens is 449 g/mol. The third-order valence-electron chi connectivity index (χ3n) is 3.92. The van der Waals surface area contributed by atoms with Gasteiger partial charge in [-0.25, -0.2) is 8.42 Å². The smallest absolute Gasteiger partial charge is 0.271 e. The van der Waals surface area contributed by atoms with Gasteiger partial charge in [0.1, 0.15) is 0 Å². The number of carbonyl (C=O) groups is 2. The Morgan fingerprint density at radius 3 is 2.07 bits per heavy atom. The van der Waals surface area contributed by atoms with E-state index in [2.05, 4.69) is 15.6 Å². The molecule has 3 aromatic rings. The van der Waals surface area contributed by atoms with E-state index < -0.39 is 21.8 Å². The molecule has 7 nitrogen and oxygen atoms in total. The molecule has 0 unspecified atom stereocenters. The molecule has 0 aliphatic rings. The predicted octanol–water partition coefficient (Wildman–Crippen LogP) is 3.87. The van der Waals surface area contributed by atoms with Gasteiger partial charge in [0.05, 0.1) is 15.5 Å². The van der Waals surface area contributed by atoms with Crippen LogP contribution in [0.1, 0.15) is 20.7 Å². The molecule has 0 radical (unpaired) electrons. The summed E-state index contributed by atoms with van der Waals surface area (Å²) < 4.78 is 27.3. The SMILES string of the molecule is O=C(NNC(=O)c1cc(Cl)ccc1Cl)c1ccc(S(=O)(=O)Nc2ccccc2)cc1. The maximum atomic E-state index is 12.4. The van der Waals surface area contributed by atoms with Crippen molar-refractivity contribution in [3.8, 4) is 0 Å². The third kappa shape index (κ3) is 5.29. The summed E-state index contributed by atoms with van der Waals surface area (Å²) in [5.74, 6) is -1.29. The van der Waals surface area contributed by atoms with Crippen molar-refractivity contribution in [2.45, 2.75) is 4.90 Å². The molecule has 0 aromatic heterocycles. The van der Waals surface area contributed by atoms with Crippen LogP contribution >= 0.6 is 23.2 Å². The average Bonchev–Trinajstić information content (AvgIpc) is 2.74. The van der Waals surface area contributed by atoms with Gasteiger partial charge in [0.15, 0.2) is 0 Å². The summed E-state index contributed by atoms with van der Waals surface area (Å²) in [6.45, 7) is 0. The first-order valence-electron chi connectivity index (χ1n) is 8.50. The number of halogens is 2. The van der Waals surface area contributed by atoms with Gasteiger partial charge >= 0.3 is 0 Å². The van der Waals surface area contributed by atoms with Crippen LogP contribution in [-0.2, 0) is 10.0 Å². The summed E-state index contributed by atoms with van der Waals surface area (Å²) in [5.41, 5.74) is 5.13. The quantitative estimate of drug-likeness (QED) is 0.499. The number of hydrogen-bond acceptors (Lipinski definition) is 4. The minimum atomic E-state index is -3.81. The first-order valence-corrected chi connectivity index (χ1v) is 10.7. The number of sulfonamides is 1. The fourth-order valence-corrected chi connectivity index (χ4v) is 3.86. The lowest BCUT2D eigenvalue weighted by Gasteiger charge is -2.10. The summed E-state index contributed by atoms with van der Waals surface area (Å²) >= 11 is 11.8. The van der Waals surface area contributed by atoms with Crippen molar-refractivity contribution < 1.29 is 18.0 Å². The predicted molar refractivity (Wildman–Crippen MR) is 115 cm³/mol. The molecular formula is C20H15Cl2N3O4S. The zero-order valence-corrected chi connectivity index (χ0v) is 17.6. The highest BCUT2D eigenvalue weighted by atomic mass is 35.5. The highest BCUT2D eigenvalue weighted by Crippen LogP contribution is 2.20. The first-order chi connectivity index (χ1) is 14.3. The van der Waals surface area contributed by atoms with E-state index in [4.69, 9.17) is 23.2 Å². The van der Waals surface area contributed by atoms with Crippen LogP contribution in [0.3, 0.4) is 0 Å². The zero-order valence-electron chi connectivity index (χ0n) is 15.2. The van der Waals surface area contributed by atoms with E-state index in [0.29, 0.717) is 10.7 Å². The molecule has 30 heavy (non-hydrogen) atoms. The molecule has 3 aromatic carbocycles. The van der Waals surface area contributed by atoms with Gasteiger partial charge < -0.3 is 0 Å². The van der Waals surface area contributed by atoms with Gasteiger partial charge in [-0.3, -0.25) is 25.2 Å². The van der Waals surface area contributed by atoms with E-state index in [0.717, 1.165) is 0 Å². The van der Waals surface area contributed by atoms with Crippen LogP contribution in [0, 0.1) is 0 Å². The second-order valence-electron chi connectivity index (χ2n) is 6.03. The van der Waals surface area contributed by atoms with E-state index in [1.807, 2.05) is 0 Å². The van der Waals surface area contributed by atoms with E-state index in [1.54, 1.807) is 30.3 Å². The molecule has 0 aliphatic carbocycles. The first kappa shape index (κ1) is 21.6. The average molecular weight is 464 g/mol.